The summed E-state index contributed by atoms with van der Waals surface area (Å²) in [6.45, 7) is 11.9. The van der Waals surface area contributed by atoms with Gasteiger partial charge in [0, 0.05) is 12.4 Å². The van der Waals surface area contributed by atoms with Crippen LogP contribution in [0.2, 0.25) is 0 Å². The summed E-state index contributed by atoms with van der Waals surface area (Å²) in [5, 5.41) is 12.6. The van der Waals surface area contributed by atoms with Crippen LogP contribution >= 0.6 is 28.4 Å². The molecule has 31 heavy (non-hydrogen) atoms. The second-order valence-corrected chi connectivity index (χ2v) is 9.88. The van der Waals surface area contributed by atoms with Crippen LogP contribution < -0.4 is 10.1 Å². The minimum Gasteiger partial charge on any atom is -0.475 e. The predicted molar refractivity (Wildman–Crippen MR) is 132 cm³/mol. The maximum Gasteiger partial charge on any atom is 0.407 e. The number of halogens is 1. The quantitative estimate of drug-likeness (QED) is 0.262. The molecule has 0 spiro atoms. The van der Waals surface area contributed by atoms with Gasteiger partial charge in [-0.2, -0.15) is 10.2 Å². The Bertz CT molecular complexity index is 1120. The normalized spacial score (nSPS) is 11.9. The monoisotopic (exact) mass is 556 g/mol. The van der Waals surface area contributed by atoms with E-state index in [9.17, 15) is 4.79 Å². The zero-order chi connectivity index (χ0) is 22.8. The molecule has 3 aromatic heterocycles. The van der Waals surface area contributed by atoms with Crippen LogP contribution in [0, 0.1) is 6.92 Å². The molecule has 0 fully saturated rings. The van der Waals surface area contributed by atoms with Crippen molar-refractivity contribution >= 4 is 51.5 Å². The SMILES string of the molecule is C=Cc1nn(PI)c2c(C)nc(-c3cnn(C)c3OCCNC(=O)OC(C)(C)C)cc12. The minimum atomic E-state index is -0.543. The highest BCUT2D eigenvalue weighted by Crippen LogP contribution is 2.36. The van der Waals surface area contributed by atoms with Crippen molar-refractivity contribution in [3.63, 3.8) is 0 Å². The Morgan fingerprint density at radius 3 is 2.81 bits per heavy atom. The molecule has 0 bridgehead atoms. The molecule has 3 rings (SSSR count). The Morgan fingerprint density at radius 2 is 2.16 bits per heavy atom. The van der Waals surface area contributed by atoms with Crippen molar-refractivity contribution in [3.05, 3.63) is 30.2 Å². The summed E-state index contributed by atoms with van der Waals surface area (Å²) in [7, 11) is 1.80. The second-order valence-electron chi connectivity index (χ2n) is 7.84. The summed E-state index contributed by atoms with van der Waals surface area (Å²) in [6, 6.07) is 1.99. The molecule has 3 heterocycles. The lowest BCUT2D eigenvalue weighted by atomic mass is 10.1. The number of amides is 1. The van der Waals surface area contributed by atoms with E-state index in [2.05, 4.69) is 44.1 Å². The van der Waals surface area contributed by atoms with Gasteiger partial charge < -0.3 is 14.8 Å². The number of carbonyl (C=O) groups is 1. The lowest BCUT2D eigenvalue weighted by molar-refractivity contribution is 0.0519. The summed E-state index contributed by atoms with van der Waals surface area (Å²) in [4.78, 5) is 16.6. The molecule has 0 aliphatic carbocycles. The third-order valence-electron chi connectivity index (χ3n) is 4.31. The predicted octanol–water partition coefficient (Wildman–Crippen LogP) is 4.48. The van der Waals surface area contributed by atoms with E-state index in [0.717, 1.165) is 33.5 Å². The van der Waals surface area contributed by atoms with Crippen molar-refractivity contribution in [1.29, 1.82) is 0 Å². The average Bonchev–Trinajstić information content (AvgIpc) is 3.24. The third-order valence-corrected chi connectivity index (χ3v) is 6.16. The molecule has 0 aromatic carbocycles. The van der Waals surface area contributed by atoms with Gasteiger partial charge in [0.25, 0.3) is 0 Å². The molecule has 1 amide bonds. The van der Waals surface area contributed by atoms with Crippen LogP contribution in [-0.2, 0) is 11.8 Å². The summed E-state index contributed by atoms with van der Waals surface area (Å²) in [5.41, 5.74) is 3.66. The summed E-state index contributed by atoms with van der Waals surface area (Å²) in [5.74, 6) is 0.570. The van der Waals surface area contributed by atoms with E-state index in [1.165, 1.54) is 0 Å². The van der Waals surface area contributed by atoms with E-state index >= 15 is 0 Å². The number of nitrogens with zero attached hydrogens (tertiary/aromatic N) is 5. The second kappa shape index (κ2) is 9.52. The van der Waals surface area contributed by atoms with Gasteiger partial charge in [-0.1, -0.05) is 6.58 Å². The largest absolute Gasteiger partial charge is 0.475 e. The number of hydrogen-bond donors (Lipinski definition) is 1. The van der Waals surface area contributed by atoms with Gasteiger partial charge in [0.05, 0.1) is 47.3 Å². The summed E-state index contributed by atoms with van der Waals surface area (Å²) >= 11 is 2.30. The van der Waals surface area contributed by atoms with Crippen LogP contribution in [0.15, 0.2) is 18.8 Å². The molecule has 0 aliphatic heterocycles. The lowest BCUT2D eigenvalue weighted by Gasteiger charge is -2.19. The number of aryl methyl sites for hydroxylation is 2. The number of nitrogens with one attached hydrogen (secondary N) is 1. The fraction of sp³-hybridized carbons (Fsp3) is 0.400. The molecule has 166 valence electrons. The highest BCUT2D eigenvalue weighted by molar-refractivity contribution is 14.2. The molecule has 0 saturated heterocycles. The zero-order valence-electron chi connectivity index (χ0n) is 18.2. The fourth-order valence-electron chi connectivity index (χ4n) is 3.08. The maximum atomic E-state index is 11.8. The van der Waals surface area contributed by atoms with E-state index in [0.29, 0.717) is 18.8 Å². The van der Waals surface area contributed by atoms with E-state index in [4.69, 9.17) is 14.5 Å². The molecule has 1 unspecified atom stereocenters. The van der Waals surface area contributed by atoms with Gasteiger partial charge in [0.15, 0.2) is 0 Å². The summed E-state index contributed by atoms with van der Waals surface area (Å²) in [6.07, 6.45) is 3.46. The van der Waals surface area contributed by atoms with Crippen LogP contribution in [0.4, 0.5) is 4.79 Å². The van der Waals surface area contributed by atoms with Gasteiger partial charge in [0.2, 0.25) is 5.88 Å². The van der Waals surface area contributed by atoms with E-state index < -0.39 is 11.7 Å². The molecule has 0 aliphatic rings. The van der Waals surface area contributed by atoms with Crippen molar-refractivity contribution in [1.82, 2.24) is 29.6 Å². The van der Waals surface area contributed by atoms with Crippen LogP contribution in [-0.4, -0.2) is 49.2 Å². The minimum absolute atomic E-state index is 0.263. The molecular formula is C20H26IN6O3P. The topological polar surface area (TPSA) is 96.1 Å². The molecule has 9 nitrogen and oxygen atoms in total. The van der Waals surface area contributed by atoms with Crippen molar-refractivity contribution < 1.29 is 14.3 Å². The number of carbonyl (C=O) groups excluding carboxylic acids is 1. The summed E-state index contributed by atoms with van der Waals surface area (Å²) < 4.78 is 14.8. The Kier molecular flexibility index (Phi) is 7.20. The molecule has 0 radical (unpaired) electrons. The van der Waals surface area contributed by atoms with Gasteiger partial charge in [0.1, 0.15) is 12.2 Å². The molecule has 11 heteroatoms. The Labute approximate surface area is 195 Å². The van der Waals surface area contributed by atoms with Crippen LogP contribution in [0.1, 0.15) is 32.2 Å². The van der Waals surface area contributed by atoms with Crippen molar-refractivity contribution in [2.24, 2.45) is 7.05 Å². The van der Waals surface area contributed by atoms with Gasteiger partial charge in [-0.25, -0.2) is 13.9 Å². The highest BCUT2D eigenvalue weighted by atomic mass is 127. The number of aromatic nitrogens is 5. The fourth-order valence-corrected chi connectivity index (χ4v) is 4.64. The Morgan fingerprint density at radius 1 is 1.42 bits per heavy atom. The third kappa shape index (κ3) is 5.35. The van der Waals surface area contributed by atoms with Crippen molar-refractivity contribution in [2.45, 2.75) is 33.3 Å². The number of ether oxygens (including phenoxy) is 2. The maximum absolute atomic E-state index is 11.8. The molecule has 1 atom stereocenters. The van der Waals surface area contributed by atoms with Crippen molar-refractivity contribution in [3.8, 4) is 17.1 Å². The van der Waals surface area contributed by atoms with E-state index in [1.54, 1.807) is 24.0 Å². The first-order valence-electron chi connectivity index (χ1n) is 9.66. The number of hydrogen-bond acceptors (Lipinski definition) is 6. The number of alkyl carbamates (subject to hydrolysis) is 1. The molecule has 0 saturated carbocycles. The van der Waals surface area contributed by atoms with Gasteiger partial charge in [-0.05, 0) is 61.9 Å². The first-order valence-corrected chi connectivity index (χ1v) is 13.7. The number of rotatable bonds is 7. The van der Waals surface area contributed by atoms with E-state index in [-0.39, 0.29) is 6.61 Å². The van der Waals surface area contributed by atoms with Gasteiger partial charge in [-0.15, -0.1) is 0 Å². The average molecular weight is 556 g/mol. The van der Waals surface area contributed by atoms with Crippen LogP contribution in [0.3, 0.4) is 0 Å². The highest BCUT2D eigenvalue weighted by Gasteiger charge is 2.19. The van der Waals surface area contributed by atoms with Gasteiger partial charge >= 0.3 is 6.09 Å². The molecule has 1 N–H and O–H groups in total. The van der Waals surface area contributed by atoms with Crippen LogP contribution in [0.5, 0.6) is 5.88 Å². The number of pyridine rings is 1. The standard InChI is InChI=1S/C20H26IN6O3P/c1-7-15-13-10-16(24-12(2)17(13)27(25-15)31-21)14-11-23-26(6)18(14)29-9-8-22-19(28)30-20(3,4)5/h7,10-11,31H,1,8-9H2,2-6H3,(H,22,28). The molecular weight excluding hydrogens is 530 g/mol. The lowest BCUT2D eigenvalue weighted by Crippen LogP contribution is -2.34. The van der Waals surface area contributed by atoms with E-state index in [1.807, 2.05) is 38.2 Å². The number of fused-ring (bicyclic) bond motifs is 1. The smallest absolute Gasteiger partial charge is 0.407 e. The first-order chi connectivity index (χ1) is 14.6. The van der Waals surface area contributed by atoms with Crippen LogP contribution in [0.25, 0.3) is 28.2 Å². The Hall–Kier alpha value is -2.20. The molecule has 3 aromatic rings. The van der Waals surface area contributed by atoms with Crippen molar-refractivity contribution in [2.75, 3.05) is 13.2 Å². The van der Waals surface area contributed by atoms with Gasteiger partial charge in [-0.3, -0.25) is 4.98 Å². The Balaban J connectivity index is 1.81. The first kappa shape index (κ1) is 23.5. The zero-order valence-corrected chi connectivity index (χ0v) is 21.3.